The van der Waals surface area contributed by atoms with Crippen molar-refractivity contribution in [3.8, 4) is 0 Å². The van der Waals surface area contributed by atoms with Crippen molar-refractivity contribution in [1.29, 1.82) is 0 Å². The molecule has 3 saturated heterocycles. The number of amides is 2. The van der Waals surface area contributed by atoms with Gasteiger partial charge in [-0.3, -0.25) is 34.8 Å². The zero-order valence-electron chi connectivity index (χ0n) is 30.5. The molecule has 0 aromatic carbocycles. The van der Waals surface area contributed by atoms with Crippen LogP contribution in [0.15, 0.2) is 0 Å². The summed E-state index contributed by atoms with van der Waals surface area (Å²) in [4.78, 5) is 33.8. The lowest BCUT2D eigenvalue weighted by atomic mass is 9.84. The van der Waals surface area contributed by atoms with Crippen molar-refractivity contribution in [3.05, 3.63) is 0 Å². The predicted molar refractivity (Wildman–Crippen MR) is 182 cm³/mol. The summed E-state index contributed by atoms with van der Waals surface area (Å²) in [6.07, 6.45) is 13.3. The molecule has 5 aliphatic rings. The van der Waals surface area contributed by atoms with Gasteiger partial charge in [0.25, 0.3) is 0 Å². The second-order valence-corrected chi connectivity index (χ2v) is 17.4. The summed E-state index contributed by atoms with van der Waals surface area (Å²) in [6.45, 7) is 21.3. The van der Waals surface area contributed by atoms with E-state index in [4.69, 9.17) is 0 Å². The Kier molecular flexibility index (Phi) is 10.8. The van der Waals surface area contributed by atoms with Crippen LogP contribution in [0.25, 0.3) is 0 Å². The second-order valence-electron chi connectivity index (χ2n) is 17.4. The molecule has 0 unspecified atom stereocenters. The molecule has 2 aliphatic carbocycles. The Morgan fingerprint density at radius 1 is 0.609 bits per heavy atom. The normalized spacial score (nSPS) is 30.0. The first-order valence-corrected chi connectivity index (χ1v) is 18.3. The van der Waals surface area contributed by atoms with Crippen molar-refractivity contribution in [1.82, 2.24) is 40.3 Å². The third-order valence-electron chi connectivity index (χ3n) is 11.4. The molecule has 0 aromatic rings. The van der Waals surface area contributed by atoms with Crippen LogP contribution in [0.5, 0.6) is 0 Å². The van der Waals surface area contributed by atoms with E-state index in [1.165, 1.54) is 64.2 Å². The lowest BCUT2D eigenvalue weighted by molar-refractivity contribution is -0.221. The van der Waals surface area contributed by atoms with Gasteiger partial charge in [0.15, 0.2) is 0 Å². The quantitative estimate of drug-likeness (QED) is 0.427. The van der Waals surface area contributed by atoms with Gasteiger partial charge >= 0.3 is 0 Å². The highest BCUT2D eigenvalue weighted by Crippen LogP contribution is 2.41. The van der Waals surface area contributed by atoms with Crippen molar-refractivity contribution >= 4 is 11.8 Å². The number of carbonyl (C=O) groups excluding carboxylic acids is 2. The Hall–Kier alpha value is -1.34. The number of rotatable bonds is 7. The SMILES string of the molecule is CC1(C)CC(=O)N(N2CN(NCCO)CN(N3CC(C)(C)N(C4CCCCC4)C(C)(C)CC3=O)C2)CC(C)(C)N1C1CCCCC1. The van der Waals surface area contributed by atoms with Crippen LogP contribution >= 0.6 is 0 Å². The Morgan fingerprint density at radius 2 is 1.00 bits per heavy atom. The van der Waals surface area contributed by atoms with Crippen molar-refractivity contribution in [2.24, 2.45) is 0 Å². The van der Waals surface area contributed by atoms with Crippen LogP contribution in [0.2, 0.25) is 0 Å². The number of nitrogens with one attached hydrogen (secondary N) is 1. The topological polar surface area (TPSA) is 89.1 Å². The average molecular weight is 647 g/mol. The minimum atomic E-state index is -0.263. The van der Waals surface area contributed by atoms with E-state index < -0.39 is 0 Å². The third kappa shape index (κ3) is 7.61. The van der Waals surface area contributed by atoms with Crippen molar-refractivity contribution in [2.75, 3.05) is 46.2 Å². The molecule has 11 heteroatoms. The Balaban J connectivity index is 1.43. The zero-order chi connectivity index (χ0) is 33.5. The highest BCUT2D eigenvalue weighted by Gasteiger charge is 2.52. The van der Waals surface area contributed by atoms with Crippen LogP contribution in [0.3, 0.4) is 0 Å². The molecule has 11 nitrogen and oxygen atoms in total. The third-order valence-corrected chi connectivity index (χ3v) is 11.4. The van der Waals surface area contributed by atoms with Gasteiger partial charge in [0.05, 0.1) is 39.7 Å². The fraction of sp³-hybridized carbons (Fsp3) is 0.943. The first-order valence-electron chi connectivity index (χ1n) is 18.3. The van der Waals surface area contributed by atoms with Crippen LogP contribution in [-0.2, 0) is 9.59 Å². The highest BCUT2D eigenvalue weighted by atomic mass is 16.3. The summed E-state index contributed by atoms with van der Waals surface area (Å²) in [7, 11) is 0. The molecule has 5 rings (SSSR count). The van der Waals surface area contributed by atoms with Crippen molar-refractivity contribution < 1.29 is 14.7 Å². The first-order chi connectivity index (χ1) is 21.6. The minimum absolute atomic E-state index is 0.0108. The molecule has 46 heavy (non-hydrogen) atoms. The molecule has 2 amide bonds. The summed E-state index contributed by atoms with van der Waals surface area (Å²) in [6, 6.07) is 0.971. The smallest absolute Gasteiger partial charge is 0.238 e. The van der Waals surface area contributed by atoms with E-state index >= 15 is 0 Å². The van der Waals surface area contributed by atoms with E-state index in [9.17, 15) is 14.7 Å². The van der Waals surface area contributed by atoms with Crippen LogP contribution in [0.4, 0.5) is 0 Å². The number of aliphatic hydroxyl groups is 1. The summed E-state index contributed by atoms with van der Waals surface area (Å²) >= 11 is 0. The largest absolute Gasteiger partial charge is 0.395 e. The Bertz CT molecular complexity index is 990. The molecular formula is C35H66N8O3. The lowest BCUT2D eigenvalue weighted by Gasteiger charge is -2.54. The van der Waals surface area contributed by atoms with Gasteiger partial charge in [0, 0.05) is 53.6 Å². The molecule has 3 heterocycles. The van der Waals surface area contributed by atoms with E-state index in [2.05, 4.69) is 80.6 Å². The van der Waals surface area contributed by atoms with E-state index in [-0.39, 0.29) is 40.6 Å². The number of hydrogen-bond donors (Lipinski definition) is 2. The van der Waals surface area contributed by atoms with Crippen LogP contribution in [-0.4, -0.2) is 132 Å². The fourth-order valence-corrected chi connectivity index (χ4v) is 10.3. The standard InChI is InChI=1S/C35H66N8O3/c1-32(2)21-30(45)40(23-34(5,6)42(32)28-15-11-9-12-16-28)38-25-37(36-19-20-44)26-39(27-38)41-24-35(7,8)43(29-17-13-10-14-18-29)33(3,4)22-31(41)46/h28-29,36,44H,9-27H2,1-8H3. The van der Waals surface area contributed by atoms with Gasteiger partial charge in [-0.15, -0.1) is 0 Å². The van der Waals surface area contributed by atoms with Crippen LogP contribution in [0, 0.1) is 0 Å². The van der Waals surface area contributed by atoms with Gasteiger partial charge in [-0.25, -0.2) is 5.01 Å². The molecule has 0 spiro atoms. The second kappa shape index (κ2) is 13.9. The maximum atomic E-state index is 14.2. The fourth-order valence-electron chi connectivity index (χ4n) is 10.3. The summed E-state index contributed by atoms with van der Waals surface area (Å²) < 4.78 is 0. The maximum Gasteiger partial charge on any atom is 0.238 e. The predicted octanol–water partition coefficient (Wildman–Crippen LogP) is 3.95. The first kappa shape index (κ1) is 36.0. The van der Waals surface area contributed by atoms with Gasteiger partial charge in [0.1, 0.15) is 0 Å². The maximum absolute atomic E-state index is 14.2. The molecule has 5 fully saturated rings. The van der Waals surface area contributed by atoms with Gasteiger partial charge in [-0.05, 0) is 81.1 Å². The number of hydrogen-bond acceptors (Lipinski definition) is 9. The molecule has 2 saturated carbocycles. The molecule has 0 atom stereocenters. The molecule has 264 valence electrons. The molecule has 0 radical (unpaired) electrons. The summed E-state index contributed by atoms with van der Waals surface area (Å²) in [5.41, 5.74) is 2.39. The van der Waals surface area contributed by atoms with Gasteiger partial charge in [0.2, 0.25) is 11.8 Å². The number of nitrogens with zero attached hydrogens (tertiary/aromatic N) is 7. The van der Waals surface area contributed by atoms with E-state index in [1.807, 2.05) is 15.0 Å². The minimum Gasteiger partial charge on any atom is -0.395 e. The monoisotopic (exact) mass is 647 g/mol. The number of carbonyl (C=O) groups is 2. The summed E-state index contributed by atoms with van der Waals surface area (Å²) in [5.74, 6) is 0.264. The lowest BCUT2D eigenvalue weighted by Crippen LogP contribution is -2.69. The average Bonchev–Trinajstić information content (AvgIpc) is 3.09. The van der Waals surface area contributed by atoms with Gasteiger partial charge in [-0.2, -0.15) is 10.0 Å². The molecule has 3 aliphatic heterocycles. The van der Waals surface area contributed by atoms with Crippen LogP contribution in [0.1, 0.15) is 132 Å². The molecule has 0 aromatic heterocycles. The highest BCUT2D eigenvalue weighted by molar-refractivity contribution is 5.78. The molecular weight excluding hydrogens is 580 g/mol. The summed E-state index contributed by atoms with van der Waals surface area (Å²) in [5, 5.41) is 20.0. The molecule has 2 N–H and O–H groups in total. The van der Waals surface area contributed by atoms with E-state index in [1.54, 1.807) is 0 Å². The number of hydrazine groups is 3. The number of aliphatic hydroxyl groups excluding tert-OH is 1. The van der Waals surface area contributed by atoms with Gasteiger partial charge < -0.3 is 5.11 Å². The zero-order valence-corrected chi connectivity index (χ0v) is 30.5. The molecule has 0 bridgehead atoms. The van der Waals surface area contributed by atoms with Crippen LogP contribution < -0.4 is 5.43 Å². The Morgan fingerprint density at radius 3 is 1.37 bits per heavy atom. The van der Waals surface area contributed by atoms with E-state index in [0.717, 1.165) is 0 Å². The Labute approximate surface area is 279 Å². The van der Waals surface area contributed by atoms with E-state index in [0.29, 0.717) is 64.6 Å². The van der Waals surface area contributed by atoms with Gasteiger partial charge in [-0.1, -0.05) is 38.5 Å². The van der Waals surface area contributed by atoms with Crippen molar-refractivity contribution in [3.63, 3.8) is 0 Å². The van der Waals surface area contributed by atoms with Crippen molar-refractivity contribution in [2.45, 2.75) is 167 Å².